The van der Waals surface area contributed by atoms with Crippen molar-refractivity contribution in [3.63, 3.8) is 0 Å². The van der Waals surface area contributed by atoms with Crippen molar-refractivity contribution in [1.82, 2.24) is 9.80 Å². The lowest BCUT2D eigenvalue weighted by Crippen LogP contribution is -2.50. The Morgan fingerprint density at radius 2 is 1.85 bits per heavy atom. The summed E-state index contributed by atoms with van der Waals surface area (Å²) in [5.41, 5.74) is 4.14. The Hall–Kier alpha value is -4.28. The van der Waals surface area contributed by atoms with Gasteiger partial charge >= 0.3 is 6.09 Å². The van der Waals surface area contributed by atoms with E-state index >= 15 is 0 Å². The molecule has 2 N–H and O–H groups in total. The number of nitrogens with zero attached hydrogens (tertiary/aromatic N) is 4. The number of benzene rings is 2. The Bertz CT molecular complexity index is 1460. The first-order valence-corrected chi connectivity index (χ1v) is 13.7. The van der Waals surface area contributed by atoms with Gasteiger partial charge in [0.25, 0.3) is 11.6 Å². The molecule has 4 aliphatic heterocycles. The minimum atomic E-state index is -0.514. The second-order valence-corrected chi connectivity index (χ2v) is 12.2. The number of rotatable bonds is 3. The smallest absolute Gasteiger partial charge is 0.410 e. The Kier molecular flexibility index (Phi) is 5.93. The van der Waals surface area contributed by atoms with Crippen molar-refractivity contribution in [2.24, 2.45) is 0 Å². The quantitative estimate of drug-likeness (QED) is 0.322. The molecule has 4 heterocycles. The van der Waals surface area contributed by atoms with Gasteiger partial charge in [0.1, 0.15) is 11.4 Å². The highest BCUT2D eigenvalue weighted by Crippen LogP contribution is 2.42. The van der Waals surface area contributed by atoms with Crippen LogP contribution in [0.25, 0.3) is 5.57 Å². The van der Waals surface area contributed by atoms with Crippen molar-refractivity contribution in [1.29, 1.82) is 0 Å². The number of likely N-dealkylation sites (tertiary alicyclic amines) is 1. The topological polar surface area (TPSA) is 120 Å². The predicted molar refractivity (Wildman–Crippen MR) is 152 cm³/mol. The number of ether oxygens (including phenoxy) is 1. The van der Waals surface area contributed by atoms with E-state index in [1.165, 1.54) is 12.1 Å². The number of amides is 2. The minimum absolute atomic E-state index is 0.0645. The largest absolute Gasteiger partial charge is 0.444 e. The zero-order chi connectivity index (χ0) is 28.5. The van der Waals surface area contributed by atoms with Crippen LogP contribution >= 0.6 is 0 Å². The van der Waals surface area contributed by atoms with Crippen LogP contribution in [0.3, 0.4) is 0 Å². The van der Waals surface area contributed by atoms with Gasteiger partial charge in [-0.25, -0.2) is 4.79 Å². The average molecular weight is 547 g/mol. The number of hydrogen-bond donors (Lipinski definition) is 2. The van der Waals surface area contributed by atoms with Crippen molar-refractivity contribution in [3.8, 4) is 0 Å². The van der Waals surface area contributed by atoms with Crippen LogP contribution in [0.15, 0.2) is 42.2 Å². The molecule has 2 aromatic carbocycles. The van der Waals surface area contributed by atoms with Crippen LogP contribution in [0, 0.1) is 10.1 Å². The molecule has 2 amide bonds. The fourth-order valence-electron chi connectivity index (χ4n) is 6.16. The van der Waals surface area contributed by atoms with Gasteiger partial charge in [0.2, 0.25) is 0 Å². The molecular formula is C29H34N6O5. The van der Waals surface area contributed by atoms with E-state index in [4.69, 9.17) is 4.74 Å². The number of nitro groups is 1. The zero-order valence-corrected chi connectivity index (χ0v) is 23.4. The van der Waals surface area contributed by atoms with Gasteiger partial charge < -0.3 is 30.1 Å². The van der Waals surface area contributed by atoms with Crippen molar-refractivity contribution < 1.29 is 19.2 Å². The Balaban J connectivity index is 1.27. The van der Waals surface area contributed by atoms with Crippen LogP contribution in [-0.4, -0.2) is 63.5 Å². The maximum atomic E-state index is 13.1. The van der Waals surface area contributed by atoms with Crippen LogP contribution in [0.4, 0.5) is 27.5 Å². The molecule has 40 heavy (non-hydrogen) atoms. The Labute approximate surface area is 232 Å². The van der Waals surface area contributed by atoms with E-state index in [2.05, 4.69) is 46.4 Å². The van der Waals surface area contributed by atoms with Gasteiger partial charge in [-0.15, -0.1) is 0 Å². The number of nitro benzene ring substituents is 1. The maximum absolute atomic E-state index is 13.1. The van der Waals surface area contributed by atoms with Crippen LogP contribution < -0.4 is 15.5 Å². The number of carbonyl (C=O) groups excluding carboxylic acids is 2. The lowest BCUT2D eigenvalue weighted by atomic mass is 10.0. The predicted octanol–water partition coefficient (Wildman–Crippen LogP) is 4.75. The molecule has 4 aliphatic rings. The summed E-state index contributed by atoms with van der Waals surface area (Å²) in [6, 6.07) is 11.3. The number of fused-ring (bicyclic) bond motifs is 4. The Morgan fingerprint density at radius 3 is 2.50 bits per heavy atom. The third-order valence-electron chi connectivity index (χ3n) is 7.99. The molecule has 2 saturated heterocycles. The molecule has 2 aromatic rings. The first-order valence-electron chi connectivity index (χ1n) is 13.7. The molecule has 0 aromatic heterocycles. The van der Waals surface area contributed by atoms with Gasteiger partial charge in [0.15, 0.2) is 0 Å². The van der Waals surface area contributed by atoms with E-state index in [9.17, 15) is 19.7 Å². The molecule has 0 aliphatic carbocycles. The van der Waals surface area contributed by atoms with Gasteiger partial charge in [0.05, 0.1) is 22.2 Å². The average Bonchev–Trinajstić information content (AvgIpc) is 3.58. The third kappa shape index (κ3) is 4.39. The lowest BCUT2D eigenvalue weighted by Gasteiger charge is -2.39. The second kappa shape index (κ2) is 9.14. The molecule has 0 spiro atoms. The first kappa shape index (κ1) is 26.0. The molecule has 6 rings (SSSR count). The normalized spacial score (nSPS) is 23.2. The van der Waals surface area contributed by atoms with Gasteiger partial charge in [-0.3, -0.25) is 14.9 Å². The SMILES string of the molecule is CC(C)N1Cc2cc(N3CC4CC3CN4C(=O)OC(C)(C)C)ccc2N/C1=C1\C(=O)Nc2cc([N+](=O)[O-])ccc21. The Morgan fingerprint density at radius 1 is 1.07 bits per heavy atom. The highest BCUT2D eigenvalue weighted by atomic mass is 16.6. The zero-order valence-electron chi connectivity index (χ0n) is 23.4. The van der Waals surface area contributed by atoms with Crippen LogP contribution in [0.5, 0.6) is 0 Å². The fourth-order valence-corrected chi connectivity index (χ4v) is 6.16. The first-order chi connectivity index (χ1) is 18.9. The summed E-state index contributed by atoms with van der Waals surface area (Å²) in [5, 5.41) is 17.5. The van der Waals surface area contributed by atoms with Gasteiger partial charge in [-0.05, 0) is 70.9 Å². The number of nitrogens with one attached hydrogen (secondary N) is 2. The number of anilines is 3. The molecule has 0 saturated carbocycles. The summed E-state index contributed by atoms with van der Waals surface area (Å²) >= 11 is 0. The molecule has 11 nitrogen and oxygen atoms in total. The number of non-ortho nitro benzene ring substituents is 1. The van der Waals surface area contributed by atoms with Crippen LogP contribution in [0.2, 0.25) is 0 Å². The fraction of sp³-hybridized carbons (Fsp3) is 0.448. The monoisotopic (exact) mass is 546 g/mol. The number of carbonyl (C=O) groups is 2. The molecule has 2 unspecified atom stereocenters. The summed E-state index contributed by atoms with van der Waals surface area (Å²) in [6.07, 6.45) is 0.685. The molecule has 2 fully saturated rings. The van der Waals surface area contributed by atoms with E-state index in [0.29, 0.717) is 35.7 Å². The minimum Gasteiger partial charge on any atom is -0.444 e. The van der Waals surface area contributed by atoms with Crippen LogP contribution in [-0.2, 0) is 16.1 Å². The summed E-state index contributed by atoms with van der Waals surface area (Å²) in [5.74, 6) is 0.403. The van der Waals surface area contributed by atoms with Crippen molar-refractivity contribution >= 4 is 40.3 Å². The summed E-state index contributed by atoms with van der Waals surface area (Å²) < 4.78 is 5.61. The number of hydrogen-bond acceptors (Lipinski definition) is 8. The molecular weight excluding hydrogens is 512 g/mol. The van der Waals surface area contributed by atoms with E-state index in [1.54, 1.807) is 6.07 Å². The van der Waals surface area contributed by atoms with E-state index < -0.39 is 10.5 Å². The molecule has 0 radical (unpaired) electrons. The number of piperazine rings is 1. The van der Waals surface area contributed by atoms with Crippen molar-refractivity contribution in [3.05, 3.63) is 63.5 Å². The van der Waals surface area contributed by atoms with Crippen molar-refractivity contribution in [2.75, 3.05) is 28.6 Å². The summed E-state index contributed by atoms with van der Waals surface area (Å²) in [7, 11) is 0. The molecule has 2 atom stereocenters. The van der Waals surface area contributed by atoms with Gasteiger partial charge in [-0.1, -0.05) is 0 Å². The van der Waals surface area contributed by atoms with Crippen molar-refractivity contribution in [2.45, 2.75) is 71.3 Å². The second-order valence-electron chi connectivity index (χ2n) is 12.2. The molecule has 210 valence electrons. The van der Waals surface area contributed by atoms with Gasteiger partial charge in [-0.2, -0.15) is 0 Å². The van der Waals surface area contributed by atoms with E-state index in [1.807, 2.05) is 31.7 Å². The van der Waals surface area contributed by atoms with Gasteiger partial charge in [0, 0.05) is 60.8 Å². The van der Waals surface area contributed by atoms with E-state index in [-0.39, 0.29) is 35.8 Å². The highest BCUT2D eigenvalue weighted by molar-refractivity contribution is 6.32. The maximum Gasteiger partial charge on any atom is 0.410 e. The lowest BCUT2D eigenvalue weighted by molar-refractivity contribution is -0.384. The summed E-state index contributed by atoms with van der Waals surface area (Å²) in [6.45, 7) is 11.8. The summed E-state index contributed by atoms with van der Waals surface area (Å²) in [4.78, 5) is 42.9. The van der Waals surface area contributed by atoms with Crippen LogP contribution in [0.1, 0.15) is 52.2 Å². The third-order valence-corrected chi connectivity index (χ3v) is 7.99. The van der Waals surface area contributed by atoms with E-state index in [0.717, 1.165) is 29.9 Å². The standard InChI is InChI=1S/C29H34N6O5/c1-16(2)32-13-17-10-18(33-14-21-11-20(33)15-34(21)28(37)40-29(3,4)5)7-9-23(17)30-26(32)25-22-8-6-19(35(38)39)12-24(22)31-27(25)36/h6-10,12,16,20-21,30H,11,13-15H2,1-5H3,(H,31,36)/b26-25+. The molecule has 11 heteroatoms. The highest BCUT2D eigenvalue weighted by Gasteiger charge is 2.47. The molecule has 2 bridgehead atoms.